The second-order valence-electron chi connectivity index (χ2n) is 8.64. The molecule has 2 aliphatic rings. The highest BCUT2D eigenvalue weighted by Gasteiger charge is 2.37. The molecule has 0 bridgehead atoms. The molecule has 0 amide bonds. The topological polar surface area (TPSA) is 84.7 Å². The van der Waals surface area contributed by atoms with Crippen LogP contribution in [0.4, 0.5) is 18.9 Å². The third kappa shape index (κ3) is 5.51. The van der Waals surface area contributed by atoms with Gasteiger partial charge >= 0.3 is 6.18 Å². The fraction of sp³-hybridized carbons (Fsp3) is 0.478. The highest BCUT2D eigenvalue weighted by Crippen LogP contribution is 2.39. The average Bonchev–Trinajstić information content (AvgIpc) is 3.28. The Morgan fingerprint density at radius 2 is 1.76 bits per heavy atom. The highest BCUT2D eigenvalue weighted by molar-refractivity contribution is 7.89. The number of nitrogen functional groups attached to an aromatic ring is 1. The van der Waals surface area contributed by atoms with Crippen molar-refractivity contribution in [2.24, 2.45) is 5.92 Å². The normalized spacial score (nSPS) is 20.9. The Kier molecular flexibility index (Phi) is 6.99. The fourth-order valence-electron chi connectivity index (χ4n) is 4.38. The number of anilines is 1. The summed E-state index contributed by atoms with van der Waals surface area (Å²) >= 11 is 0. The molecule has 2 saturated heterocycles. The molecule has 2 aliphatic heterocycles. The van der Waals surface area contributed by atoms with Crippen LogP contribution in [0.1, 0.15) is 24.8 Å². The van der Waals surface area contributed by atoms with Gasteiger partial charge in [0.05, 0.1) is 10.5 Å². The van der Waals surface area contributed by atoms with E-state index in [0.717, 1.165) is 38.7 Å². The van der Waals surface area contributed by atoms with Crippen molar-refractivity contribution in [1.82, 2.24) is 9.62 Å². The van der Waals surface area contributed by atoms with Crippen molar-refractivity contribution in [2.75, 3.05) is 38.6 Å². The van der Waals surface area contributed by atoms with Gasteiger partial charge in [0, 0.05) is 38.0 Å². The molecule has 10 heteroatoms. The minimum absolute atomic E-state index is 0.0150. The van der Waals surface area contributed by atoms with E-state index >= 15 is 0 Å². The summed E-state index contributed by atoms with van der Waals surface area (Å²) < 4.78 is 74.5. The van der Waals surface area contributed by atoms with Crippen molar-refractivity contribution in [1.29, 1.82) is 0 Å². The maximum atomic E-state index is 13.8. The third-order valence-electron chi connectivity index (χ3n) is 6.34. The van der Waals surface area contributed by atoms with Crippen molar-refractivity contribution in [3.05, 3.63) is 48.0 Å². The molecule has 1 unspecified atom stereocenters. The molecule has 2 aromatic rings. The number of rotatable bonds is 6. The van der Waals surface area contributed by atoms with Gasteiger partial charge in [0.15, 0.2) is 0 Å². The first-order valence-electron chi connectivity index (χ1n) is 11.0. The van der Waals surface area contributed by atoms with E-state index in [1.165, 1.54) is 40.7 Å². The first kappa shape index (κ1) is 24.0. The lowest BCUT2D eigenvalue weighted by atomic mass is 9.99. The molecule has 2 heterocycles. The van der Waals surface area contributed by atoms with Gasteiger partial charge in [-0.05, 0) is 67.1 Å². The molecule has 2 fully saturated rings. The van der Waals surface area contributed by atoms with Gasteiger partial charge in [0.25, 0.3) is 0 Å². The van der Waals surface area contributed by atoms with Crippen LogP contribution >= 0.6 is 0 Å². The zero-order valence-electron chi connectivity index (χ0n) is 18.1. The standard InChI is InChI=1S/C23H28F3N3O3S/c24-23(25,26)22-13-20(5-6-21(22)17-1-3-18(27)4-2-17)33(30,31)29-10-7-19(15-29)28-14-16-8-11-32-12-9-16/h1-6,13,16,19,28H,7-12,14-15,27H2. The molecule has 33 heavy (non-hydrogen) atoms. The zero-order chi connectivity index (χ0) is 23.6. The summed E-state index contributed by atoms with van der Waals surface area (Å²) in [6.45, 7) is 2.79. The maximum absolute atomic E-state index is 13.8. The van der Waals surface area contributed by atoms with Crippen LogP contribution in [0.25, 0.3) is 11.1 Å². The lowest BCUT2D eigenvalue weighted by Crippen LogP contribution is -2.38. The van der Waals surface area contributed by atoms with Crippen molar-refractivity contribution in [3.63, 3.8) is 0 Å². The van der Waals surface area contributed by atoms with E-state index in [1.807, 2.05) is 0 Å². The van der Waals surface area contributed by atoms with Gasteiger partial charge in [0.2, 0.25) is 10.0 Å². The molecular formula is C23H28F3N3O3S. The molecule has 4 rings (SSSR count). The van der Waals surface area contributed by atoms with Gasteiger partial charge in [-0.2, -0.15) is 17.5 Å². The molecule has 0 aromatic heterocycles. The lowest BCUT2D eigenvalue weighted by molar-refractivity contribution is -0.137. The Morgan fingerprint density at radius 3 is 2.42 bits per heavy atom. The van der Waals surface area contributed by atoms with E-state index in [0.29, 0.717) is 23.6 Å². The highest BCUT2D eigenvalue weighted by atomic mass is 32.2. The van der Waals surface area contributed by atoms with Crippen LogP contribution in [0.5, 0.6) is 0 Å². The van der Waals surface area contributed by atoms with Gasteiger partial charge in [-0.3, -0.25) is 0 Å². The Bertz CT molecular complexity index is 1070. The summed E-state index contributed by atoms with van der Waals surface area (Å²) in [5.41, 5.74) is 5.32. The van der Waals surface area contributed by atoms with E-state index in [1.54, 1.807) is 0 Å². The summed E-state index contributed by atoms with van der Waals surface area (Å²) in [5, 5.41) is 3.42. The zero-order valence-corrected chi connectivity index (χ0v) is 19.0. The molecular weight excluding hydrogens is 455 g/mol. The average molecular weight is 484 g/mol. The molecule has 180 valence electrons. The summed E-state index contributed by atoms with van der Waals surface area (Å²) in [6.07, 6.45) is -2.14. The van der Waals surface area contributed by atoms with E-state index in [4.69, 9.17) is 10.5 Å². The fourth-order valence-corrected chi connectivity index (χ4v) is 5.91. The molecule has 1 atom stereocenters. The van der Waals surface area contributed by atoms with Crippen LogP contribution in [0.3, 0.4) is 0 Å². The van der Waals surface area contributed by atoms with Gasteiger partial charge in [-0.25, -0.2) is 8.42 Å². The number of benzene rings is 2. The van der Waals surface area contributed by atoms with Gasteiger partial charge in [-0.1, -0.05) is 18.2 Å². The number of hydrogen-bond acceptors (Lipinski definition) is 5. The van der Waals surface area contributed by atoms with Crippen molar-refractivity contribution >= 4 is 15.7 Å². The van der Waals surface area contributed by atoms with E-state index in [-0.39, 0.29) is 29.6 Å². The lowest BCUT2D eigenvalue weighted by Gasteiger charge is -2.24. The summed E-state index contributed by atoms with van der Waals surface area (Å²) in [4.78, 5) is -0.348. The Balaban J connectivity index is 1.52. The molecule has 2 aromatic carbocycles. The number of sulfonamides is 1. The van der Waals surface area contributed by atoms with Crippen molar-refractivity contribution in [3.8, 4) is 11.1 Å². The number of hydrogen-bond donors (Lipinski definition) is 2. The number of nitrogens with one attached hydrogen (secondary N) is 1. The van der Waals surface area contributed by atoms with Gasteiger partial charge in [0.1, 0.15) is 0 Å². The SMILES string of the molecule is Nc1ccc(-c2ccc(S(=O)(=O)N3CCC(NCC4CCOCC4)C3)cc2C(F)(F)F)cc1. The second-order valence-corrected chi connectivity index (χ2v) is 10.6. The van der Waals surface area contributed by atoms with Crippen molar-refractivity contribution in [2.45, 2.75) is 36.4 Å². The number of halogens is 3. The molecule has 3 N–H and O–H groups in total. The Labute approximate surface area is 192 Å². The molecule has 0 radical (unpaired) electrons. The Morgan fingerprint density at radius 1 is 1.06 bits per heavy atom. The van der Waals surface area contributed by atoms with Crippen LogP contribution in [0, 0.1) is 5.92 Å². The minimum atomic E-state index is -4.71. The number of ether oxygens (including phenoxy) is 1. The molecule has 6 nitrogen and oxygen atoms in total. The number of nitrogens with zero attached hydrogens (tertiary/aromatic N) is 1. The largest absolute Gasteiger partial charge is 0.417 e. The van der Waals surface area contributed by atoms with E-state index < -0.39 is 21.8 Å². The van der Waals surface area contributed by atoms with E-state index in [9.17, 15) is 21.6 Å². The van der Waals surface area contributed by atoms with Crippen LogP contribution in [0.2, 0.25) is 0 Å². The van der Waals surface area contributed by atoms with Crippen LogP contribution in [-0.4, -0.2) is 51.6 Å². The minimum Gasteiger partial charge on any atom is -0.399 e. The molecule has 0 aliphatic carbocycles. The third-order valence-corrected chi connectivity index (χ3v) is 8.20. The number of alkyl halides is 3. The first-order chi connectivity index (χ1) is 15.6. The van der Waals surface area contributed by atoms with Crippen LogP contribution in [0.15, 0.2) is 47.4 Å². The van der Waals surface area contributed by atoms with Gasteiger partial charge < -0.3 is 15.8 Å². The predicted molar refractivity (Wildman–Crippen MR) is 120 cm³/mol. The van der Waals surface area contributed by atoms with Crippen LogP contribution in [-0.2, 0) is 20.9 Å². The second kappa shape index (κ2) is 9.61. The summed E-state index contributed by atoms with van der Waals surface area (Å²) in [5.74, 6) is 0.500. The summed E-state index contributed by atoms with van der Waals surface area (Å²) in [7, 11) is -4.05. The summed E-state index contributed by atoms with van der Waals surface area (Å²) in [6, 6.07) is 9.20. The number of nitrogens with two attached hydrogens (primary N) is 1. The van der Waals surface area contributed by atoms with Crippen LogP contribution < -0.4 is 11.1 Å². The molecule has 0 saturated carbocycles. The monoisotopic (exact) mass is 483 g/mol. The van der Waals surface area contributed by atoms with Crippen molar-refractivity contribution < 1.29 is 26.3 Å². The smallest absolute Gasteiger partial charge is 0.399 e. The van der Waals surface area contributed by atoms with Gasteiger partial charge in [-0.15, -0.1) is 0 Å². The molecule has 0 spiro atoms. The Hall–Kier alpha value is -2.14. The van der Waals surface area contributed by atoms with E-state index in [2.05, 4.69) is 5.32 Å². The quantitative estimate of drug-likeness (QED) is 0.612. The maximum Gasteiger partial charge on any atom is 0.417 e. The first-order valence-corrected chi connectivity index (χ1v) is 12.5. The predicted octanol–water partition coefficient (Wildman–Crippen LogP) is 3.73.